The number of nitrogens with zero attached hydrogens (tertiary/aromatic N) is 4. The lowest BCUT2D eigenvalue weighted by atomic mass is 10.1. The average molecular weight is 438 g/mol. The minimum atomic E-state index is -0.108. The summed E-state index contributed by atoms with van der Waals surface area (Å²) in [5, 5.41) is 3.89. The minimum absolute atomic E-state index is 0.108. The summed E-state index contributed by atoms with van der Waals surface area (Å²) in [7, 11) is 1.60. The summed E-state index contributed by atoms with van der Waals surface area (Å²) in [4.78, 5) is 21.6. The first-order valence-electron chi connectivity index (χ1n) is 10.4. The summed E-state index contributed by atoms with van der Waals surface area (Å²) in [6, 6.07) is 15.8. The van der Waals surface area contributed by atoms with Crippen molar-refractivity contribution in [1.29, 1.82) is 0 Å². The Hall–Kier alpha value is -3.13. The average Bonchev–Trinajstić information content (AvgIpc) is 3.10. The topological polar surface area (TPSA) is 70.6 Å². The maximum absolute atomic E-state index is 12.8. The van der Waals surface area contributed by atoms with Gasteiger partial charge in [-0.3, -0.25) is 0 Å². The number of amides is 2. The number of aryl methyl sites for hydroxylation is 1. The summed E-state index contributed by atoms with van der Waals surface area (Å²) in [5.74, 6) is 1.50. The molecule has 3 aromatic rings. The number of benzene rings is 2. The van der Waals surface area contributed by atoms with Crippen molar-refractivity contribution >= 4 is 28.4 Å². The molecule has 2 amide bonds. The molecule has 0 spiro atoms. The lowest BCUT2D eigenvalue weighted by Crippen LogP contribution is -2.38. The molecule has 1 fully saturated rings. The van der Waals surface area contributed by atoms with Crippen molar-refractivity contribution in [1.82, 2.24) is 14.3 Å². The molecule has 0 unspecified atom stereocenters. The number of aromatic nitrogens is 2. The number of para-hydroxylation sites is 2. The van der Waals surface area contributed by atoms with Crippen molar-refractivity contribution in [3.63, 3.8) is 0 Å². The van der Waals surface area contributed by atoms with Gasteiger partial charge < -0.3 is 19.9 Å². The molecule has 0 bridgehead atoms. The SMILES string of the molecule is COc1ccccc1NC(=O)N1CCCN(c2nc(Cc3ccc(C)cc3)ns2)CC1. The maximum Gasteiger partial charge on any atom is 0.322 e. The standard InChI is InChI=1S/C23H27N5O2S/c1-17-8-10-18(11-9-17)16-21-25-23(31-26-21)28-13-5-12-27(14-15-28)22(29)24-19-6-3-4-7-20(19)30-2/h3-4,6-11H,5,12-16H2,1-2H3,(H,24,29). The van der Waals surface area contributed by atoms with Gasteiger partial charge in [-0.05, 0) is 31.0 Å². The van der Waals surface area contributed by atoms with Crippen LogP contribution in [0.1, 0.15) is 23.4 Å². The van der Waals surface area contributed by atoms with Gasteiger partial charge in [0.1, 0.15) is 11.6 Å². The minimum Gasteiger partial charge on any atom is -0.495 e. The van der Waals surface area contributed by atoms with Gasteiger partial charge in [0.2, 0.25) is 5.13 Å². The van der Waals surface area contributed by atoms with Crippen LogP contribution in [-0.4, -0.2) is 53.6 Å². The predicted molar refractivity (Wildman–Crippen MR) is 124 cm³/mol. The summed E-state index contributed by atoms with van der Waals surface area (Å²) in [6.07, 6.45) is 1.62. The van der Waals surface area contributed by atoms with Crippen molar-refractivity contribution in [2.24, 2.45) is 0 Å². The molecule has 1 saturated heterocycles. The van der Waals surface area contributed by atoms with E-state index in [1.807, 2.05) is 29.2 Å². The second-order valence-corrected chi connectivity index (χ2v) is 8.34. The molecule has 1 N–H and O–H groups in total. The van der Waals surface area contributed by atoms with Crippen molar-refractivity contribution in [3.05, 3.63) is 65.5 Å². The fourth-order valence-corrected chi connectivity index (χ4v) is 4.32. The second kappa shape index (κ2) is 9.78. The monoisotopic (exact) mass is 437 g/mol. The molecule has 0 aliphatic carbocycles. The number of hydrogen-bond donors (Lipinski definition) is 1. The number of ether oxygens (including phenoxy) is 1. The van der Waals surface area contributed by atoms with E-state index in [1.54, 1.807) is 7.11 Å². The molecule has 4 rings (SSSR count). The molecule has 1 aromatic heterocycles. The van der Waals surface area contributed by atoms with E-state index < -0.39 is 0 Å². The number of hydrogen-bond acceptors (Lipinski definition) is 6. The second-order valence-electron chi connectivity index (χ2n) is 7.61. The fourth-order valence-electron chi connectivity index (χ4n) is 3.59. The maximum atomic E-state index is 12.8. The molecule has 0 radical (unpaired) electrons. The molecule has 7 nitrogen and oxygen atoms in total. The Labute approximate surface area is 186 Å². The van der Waals surface area contributed by atoms with Crippen molar-refractivity contribution in [2.75, 3.05) is 43.5 Å². The zero-order valence-corrected chi connectivity index (χ0v) is 18.7. The number of rotatable bonds is 5. The number of methoxy groups -OCH3 is 1. The van der Waals surface area contributed by atoms with Crippen LogP contribution in [0.25, 0.3) is 0 Å². The Bertz CT molecular complexity index is 1020. The summed E-state index contributed by atoms with van der Waals surface area (Å²) in [5.41, 5.74) is 3.14. The Morgan fingerprint density at radius 1 is 1.10 bits per heavy atom. The molecule has 2 aromatic carbocycles. The summed E-state index contributed by atoms with van der Waals surface area (Å²) >= 11 is 1.43. The Morgan fingerprint density at radius 3 is 2.71 bits per heavy atom. The van der Waals surface area contributed by atoms with E-state index in [4.69, 9.17) is 9.72 Å². The number of carbonyl (C=O) groups is 1. The normalized spacial score (nSPS) is 14.3. The molecule has 0 saturated carbocycles. The van der Waals surface area contributed by atoms with Crippen molar-refractivity contribution < 1.29 is 9.53 Å². The van der Waals surface area contributed by atoms with Crippen LogP contribution in [0.5, 0.6) is 5.75 Å². The zero-order valence-electron chi connectivity index (χ0n) is 17.9. The molecule has 2 heterocycles. The Morgan fingerprint density at radius 2 is 1.90 bits per heavy atom. The first-order chi connectivity index (χ1) is 15.1. The Balaban J connectivity index is 1.35. The van der Waals surface area contributed by atoms with Crippen LogP contribution in [0.2, 0.25) is 0 Å². The van der Waals surface area contributed by atoms with E-state index in [0.717, 1.165) is 36.9 Å². The molecule has 162 valence electrons. The molecule has 1 aliphatic rings. The van der Waals surface area contributed by atoms with Gasteiger partial charge in [-0.2, -0.15) is 4.37 Å². The largest absolute Gasteiger partial charge is 0.495 e. The first kappa shape index (κ1) is 21.1. The van der Waals surface area contributed by atoms with Gasteiger partial charge in [0.15, 0.2) is 0 Å². The molecular weight excluding hydrogens is 410 g/mol. The molecule has 1 aliphatic heterocycles. The quantitative estimate of drug-likeness (QED) is 0.648. The van der Waals surface area contributed by atoms with Gasteiger partial charge in [0.25, 0.3) is 0 Å². The van der Waals surface area contributed by atoms with E-state index in [9.17, 15) is 4.79 Å². The molecule has 31 heavy (non-hydrogen) atoms. The zero-order chi connectivity index (χ0) is 21.6. The number of carbonyl (C=O) groups excluding carboxylic acids is 1. The predicted octanol–water partition coefficient (Wildman–Crippen LogP) is 4.19. The van der Waals surface area contributed by atoms with Crippen molar-refractivity contribution in [3.8, 4) is 5.75 Å². The van der Waals surface area contributed by atoms with Crippen LogP contribution in [0, 0.1) is 6.92 Å². The lowest BCUT2D eigenvalue weighted by molar-refractivity contribution is 0.215. The third-order valence-electron chi connectivity index (χ3n) is 5.34. The van der Waals surface area contributed by atoms with Crippen LogP contribution >= 0.6 is 11.5 Å². The van der Waals surface area contributed by atoms with Crippen LogP contribution in [0.4, 0.5) is 15.6 Å². The number of urea groups is 1. The van der Waals surface area contributed by atoms with Gasteiger partial charge in [0, 0.05) is 44.1 Å². The van der Waals surface area contributed by atoms with E-state index >= 15 is 0 Å². The van der Waals surface area contributed by atoms with Crippen molar-refractivity contribution in [2.45, 2.75) is 19.8 Å². The number of anilines is 2. The third kappa shape index (κ3) is 5.32. The highest BCUT2D eigenvalue weighted by Crippen LogP contribution is 2.24. The Kier molecular flexibility index (Phi) is 6.66. The third-order valence-corrected chi connectivity index (χ3v) is 6.16. The summed E-state index contributed by atoms with van der Waals surface area (Å²) in [6.45, 7) is 5.01. The first-order valence-corrected chi connectivity index (χ1v) is 11.2. The van der Waals surface area contributed by atoms with Crippen LogP contribution in [0.3, 0.4) is 0 Å². The van der Waals surface area contributed by atoms with Gasteiger partial charge in [-0.1, -0.05) is 42.0 Å². The molecule has 0 atom stereocenters. The smallest absolute Gasteiger partial charge is 0.322 e. The van der Waals surface area contributed by atoms with Crippen LogP contribution in [0.15, 0.2) is 48.5 Å². The number of nitrogens with one attached hydrogen (secondary N) is 1. The molecular formula is C23H27N5O2S. The van der Waals surface area contributed by atoms with Crippen LogP contribution < -0.4 is 15.0 Å². The van der Waals surface area contributed by atoms with E-state index in [2.05, 4.69) is 45.8 Å². The van der Waals surface area contributed by atoms with Gasteiger partial charge in [0.05, 0.1) is 12.8 Å². The summed E-state index contributed by atoms with van der Waals surface area (Å²) < 4.78 is 9.88. The molecule has 8 heteroatoms. The lowest BCUT2D eigenvalue weighted by Gasteiger charge is -2.22. The van der Waals surface area contributed by atoms with Gasteiger partial charge >= 0.3 is 6.03 Å². The van der Waals surface area contributed by atoms with Gasteiger partial charge in [-0.15, -0.1) is 0 Å². The van der Waals surface area contributed by atoms with E-state index in [1.165, 1.54) is 22.7 Å². The van der Waals surface area contributed by atoms with E-state index in [-0.39, 0.29) is 6.03 Å². The van der Waals surface area contributed by atoms with Crippen LogP contribution in [-0.2, 0) is 6.42 Å². The highest BCUT2D eigenvalue weighted by Gasteiger charge is 2.22. The van der Waals surface area contributed by atoms with E-state index in [0.29, 0.717) is 24.5 Å². The van der Waals surface area contributed by atoms with Gasteiger partial charge in [-0.25, -0.2) is 9.78 Å². The highest BCUT2D eigenvalue weighted by atomic mass is 32.1. The highest BCUT2D eigenvalue weighted by molar-refractivity contribution is 7.09. The fraction of sp³-hybridized carbons (Fsp3) is 0.348.